The first-order chi connectivity index (χ1) is 8.32. The highest BCUT2D eigenvalue weighted by Crippen LogP contribution is 2.38. The molecule has 5 nitrogen and oxygen atoms in total. The lowest BCUT2D eigenvalue weighted by Crippen LogP contribution is -2.41. The van der Waals surface area contributed by atoms with Gasteiger partial charge in [0.05, 0.1) is 6.61 Å². The fourth-order valence-electron chi connectivity index (χ4n) is 1.35. The minimum Gasteiger partial charge on any atom is -0.504 e. The Morgan fingerprint density at radius 3 is 2.58 bits per heavy atom. The molecular weight excluding hydrogens is 284 g/mol. The monoisotopic (exact) mass is 297 g/mol. The first kappa shape index (κ1) is 17.4. The Kier molecular flexibility index (Phi) is 5.98. The van der Waals surface area contributed by atoms with E-state index in [1.165, 1.54) is 13.0 Å². The van der Waals surface area contributed by atoms with Crippen molar-refractivity contribution in [1.29, 1.82) is 0 Å². The molecule has 0 saturated carbocycles. The van der Waals surface area contributed by atoms with Crippen molar-refractivity contribution in [3.8, 4) is 11.5 Å². The van der Waals surface area contributed by atoms with Gasteiger partial charge in [-0.1, -0.05) is 12.1 Å². The molecule has 1 aromatic carbocycles. The van der Waals surface area contributed by atoms with Crippen molar-refractivity contribution in [2.45, 2.75) is 18.9 Å². The molecule has 0 radical (unpaired) electrons. The van der Waals surface area contributed by atoms with Crippen LogP contribution in [0.4, 0.5) is 8.78 Å². The van der Waals surface area contributed by atoms with E-state index in [-0.39, 0.29) is 19.0 Å². The van der Waals surface area contributed by atoms with Gasteiger partial charge >= 0.3 is 11.9 Å². The molecule has 1 rings (SSSR count). The van der Waals surface area contributed by atoms with Crippen molar-refractivity contribution < 1.29 is 28.5 Å². The fourth-order valence-corrected chi connectivity index (χ4v) is 1.35. The molecule has 0 fully saturated rings. The molecule has 1 aromatic rings. The van der Waals surface area contributed by atoms with Crippen LogP contribution in [-0.4, -0.2) is 28.7 Å². The molecule has 19 heavy (non-hydrogen) atoms. The van der Waals surface area contributed by atoms with Crippen molar-refractivity contribution in [2.24, 2.45) is 5.73 Å². The molecule has 4 N–H and O–H groups in total. The number of halogens is 3. The Hall–Kier alpha value is -1.60. The van der Waals surface area contributed by atoms with Gasteiger partial charge in [-0.2, -0.15) is 8.78 Å². The van der Waals surface area contributed by atoms with Gasteiger partial charge in [0.15, 0.2) is 11.5 Å². The number of ether oxygens (including phenoxy) is 1. The molecule has 0 unspecified atom stereocenters. The molecule has 0 bridgehead atoms. The highest BCUT2D eigenvalue weighted by molar-refractivity contribution is 5.85. The smallest absolute Gasteiger partial charge is 0.379 e. The number of carbonyl (C=O) groups excluding carboxylic acids is 1. The van der Waals surface area contributed by atoms with E-state index in [1.54, 1.807) is 0 Å². The number of phenolic OH excluding ortho intramolecular Hbond substituents is 2. The van der Waals surface area contributed by atoms with E-state index in [9.17, 15) is 23.8 Å². The summed E-state index contributed by atoms with van der Waals surface area (Å²) in [5.74, 6) is -7.15. The van der Waals surface area contributed by atoms with Crippen LogP contribution in [-0.2, 0) is 9.53 Å². The summed E-state index contributed by atoms with van der Waals surface area (Å²) in [6, 6.07) is 1.32. The summed E-state index contributed by atoms with van der Waals surface area (Å²) in [5.41, 5.74) is 4.81. The maximum atomic E-state index is 13.6. The number of benzene rings is 1. The molecule has 8 heteroatoms. The summed E-state index contributed by atoms with van der Waals surface area (Å²) in [5, 5.41) is 18.6. The van der Waals surface area contributed by atoms with Crippen LogP contribution in [0.1, 0.15) is 18.5 Å². The number of para-hydroxylation sites is 1. The second-order valence-electron chi connectivity index (χ2n) is 3.54. The van der Waals surface area contributed by atoms with Gasteiger partial charge in [0, 0.05) is 5.56 Å². The normalized spacial score (nSPS) is 12.4. The van der Waals surface area contributed by atoms with E-state index in [1.807, 2.05) is 0 Å². The third-order valence-electron chi connectivity index (χ3n) is 2.32. The Balaban J connectivity index is 0.00000324. The van der Waals surface area contributed by atoms with E-state index < -0.39 is 35.0 Å². The third kappa shape index (κ3) is 3.45. The summed E-state index contributed by atoms with van der Waals surface area (Å²) in [4.78, 5) is 11.1. The van der Waals surface area contributed by atoms with E-state index in [0.717, 1.165) is 12.1 Å². The van der Waals surface area contributed by atoms with Crippen molar-refractivity contribution in [3.05, 3.63) is 23.8 Å². The van der Waals surface area contributed by atoms with Gasteiger partial charge in [-0.25, -0.2) is 4.79 Å². The largest absolute Gasteiger partial charge is 0.504 e. The molecule has 0 aliphatic rings. The third-order valence-corrected chi connectivity index (χ3v) is 2.32. The zero-order chi connectivity index (χ0) is 13.9. The van der Waals surface area contributed by atoms with E-state index in [0.29, 0.717) is 0 Å². The maximum absolute atomic E-state index is 13.6. The number of esters is 1. The number of nitrogens with two attached hydrogens (primary N) is 1. The van der Waals surface area contributed by atoms with Crippen LogP contribution in [0.3, 0.4) is 0 Å². The molecule has 0 amide bonds. The first-order valence-corrected chi connectivity index (χ1v) is 5.13. The molecule has 0 aliphatic heterocycles. The van der Waals surface area contributed by atoms with Crippen LogP contribution in [0.5, 0.6) is 11.5 Å². The minimum absolute atomic E-state index is 0. The summed E-state index contributed by atoms with van der Waals surface area (Å²) >= 11 is 0. The minimum atomic E-state index is -4.00. The second-order valence-corrected chi connectivity index (χ2v) is 3.54. The average molecular weight is 298 g/mol. The number of aromatic hydroxyl groups is 2. The standard InChI is InChI=1S/C11H13F2NO4.ClH/c1-2-18-10(17)11(12,13)9(14)6-4-3-5-7(15)8(6)16;/h3-5,9,15-16H,2,14H2,1H3;1H/t9-;/m0./s1. The van der Waals surface area contributed by atoms with Gasteiger partial charge in [-0.05, 0) is 13.0 Å². The highest BCUT2D eigenvalue weighted by Gasteiger charge is 2.48. The zero-order valence-corrected chi connectivity index (χ0v) is 10.8. The lowest BCUT2D eigenvalue weighted by molar-refractivity contribution is -0.174. The number of rotatable bonds is 4. The topological polar surface area (TPSA) is 92.8 Å². The number of carbonyl (C=O) groups is 1. The van der Waals surface area contributed by atoms with Crippen LogP contribution in [0.2, 0.25) is 0 Å². The van der Waals surface area contributed by atoms with Gasteiger partial charge in [0.2, 0.25) is 0 Å². The molecule has 0 spiro atoms. The SMILES string of the molecule is CCOC(=O)C(F)(F)[C@@H](N)c1cccc(O)c1O.Cl. The Bertz CT molecular complexity index is 456. The van der Waals surface area contributed by atoms with Crippen molar-refractivity contribution in [3.63, 3.8) is 0 Å². The Labute approximate surface area is 114 Å². The Morgan fingerprint density at radius 1 is 1.47 bits per heavy atom. The quantitative estimate of drug-likeness (QED) is 0.581. The zero-order valence-electron chi connectivity index (χ0n) is 9.97. The van der Waals surface area contributed by atoms with E-state index >= 15 is 0 Å². The van der Waals surface area contributed by atoms with Crippen molar-refractivity contribution in [1.82, 2.24) is 0 Å². The van der Waals surface area contributed by atoms with Crippen LogP contribution < -0.4 is 5.73 Å². The first-order valence-electron chi connectivity index (χ1n) is 5.13. The van der Waals surface area contributed by atoms with Crippen LogP contribution in [0.15, 0.2) is 18.2 Å². The number of alkyl halides is 2. The molecule has 0 saturated heterocycles. The summed E-state index contributed by atoms with van der Waals surface area (Å²) in [6.45, 7) is 1.17. The van der Waals surface area contributed by atoms with Gasteiger partial charge in [-0.3, -0.25) is 0 Å². The highest BCUT2D eigenvalue weighted by atomic mass is 35.5. The average Bonchev–Trinajstić information content (AvgIpc) is 2.32. The summed E-state index contributed by atoms with van der Waals surface area (Å²) in [7, 11) is 0. The molecule has 0 aromatic heterocycles. The van der Waals surface area contributed by atoms with Crippen LogP contribution in [0, 0.1) is 0 Å². The lowest BCUT2D eigenvalue weighted by atomic mass is 10.00. The summed E-state index contributed by atoms with van der Waals surface area (Å²) < 4.78 is 31.4. The number of hydrogen-bond acceptors (Lipinski definition) is 5. The fraction of sp³-hybridized carbons (Fsp3) is 0.364. The maximum Gasteiger partial charge on any atom is 0.379 e. The van der Waals surface area contributed by atoms with Gasteiger partial charge < -0.3 is 20.7 Å². The Morgan fingerprint density at radius 2 is 2.05 bits per heavy atom. The molecule has 0 heterocycles. The van der Waals surface area contributed by atoms with Gasteiger partial charge in [0.25, 0.3) is 0 Å². The molecule has 1 atom stereocenters. The van der Waals surface area contributed by atoms with Gasteiger partial charge in [-0.15, -0.1) is 12.4 Å². The second kappa shape index (κ2) is 6.53. The predicted molar refractivity (Wildman–Crippen MR) is 65.5 cm³/mol. The van der Waals surface area contributed by atoms with Crippen LogP contribution >= 0.6 is 12.4 Å². The number of phenols is 2. The number of hydrogen-bond donors (Lipinski definition) is 3. The van der Waals surface area contributed by atoms with Gasteiger partial charge in [0.1, 0.15) is 6.04 Å². The van der Waals surface area contributed by atoms with Crippen molar-refractivity contribution >= 4 is 18.4 Å². The summed E-state index contributed by atoms with van der Waals surface area (Å²) in [6.07, 6.45) is 0. The van der Waals surface area contributed by atoms with E-state index in [2.05, 4.69) is 4.74 Å². The molecule has 0 aliphatic carbocycles. The van der Waals surface area contributed by atoms with E-state index in [4.69, 9.17) is 5.73 Å². The predicted octanol–water partition coefficient (Wildman–Crippen LogP) is 1.72. The molecular formula is C11H14ClF2NO4. The molecule has 108 valence electrons. The van der Waals surface area contributed by atoms with Crippen molar-refractivity contribution in [2.75, 3.05) is 6.61 Å². The lowest BCUT2D eigenvalue weighted by Gasteiger charge is -2.22. The van der Waals surface area contributed by atoms with Crippen LogP contribution in [0.25, 0.3) is 0 Å².